The molecule has 0 bridgehead atoms. The molecule has 4 N–H and O–H groups in total. The van der Waals surface area contributed by atoms with Crippen molar-refractivity contribution in [2.24, 2.45) is 11.5 Å². The van der Waals surface area contributed by atoms with Gasteiger partial charge in [0.25, 0.3) is 0 Å². The van der Waals surface area contributed by atoms with Crippen molar-refractivity contribution in [2.45, 2.75) is 12.2 Å². The van der Waals surface area contributed by atoms with Gasteiger partial charge in [0.15, 0.2) is 0 Å². The van der Waals surface area contributed by atoms with Crippen LogP contribution in [0, 0.1) is 5.82 Å². The lowest BCUT2D eigenvalue weighted by Crippen LogP contribution is -2.25. The second kappa shape index (κ2) is 7.00. The Morgan fingerprint density at radius 2 is 1.71 bits per heavy atom. The topological polar surface area (TPSA) is 52.0 Å². The SMILES string of the molecule is Cl.Cl.NC[C@@H](N)c1c(F)cccc1C(F)(F)F. The first-order valence-electron chi connectivity index (χ1n) is 4.19. The highest BCUT2D eigenvalue weighted by molar-refractivity contribution is 5.85. The molecule has 0 unspecified atom stereocenters. The van der Waals surface area contributed by atoms with Gasteiger partial charge in [-0.05, 0) is 12.1 Å². The Morgan fingerprint density at radius 1 is 1.18 bits per heavy atom. The number of hydrogen-bond donors (Lipinski definition) is 2. The summed E-state index contributed by atoms with van der Waals surface area (Å²) in [5.41, 5.74) is 8.81. The molecular weight excluding hydrogens is 283 g/mol. The van der Waals surface area contributed by atoms with E-state index >= 15 is 0 Å². The maximum atomic E-state index is 13.2. The molecule has 0 radical (unpaired) electrons. The second-order valence-corrected chi connectivity index (χ2v) is 3.04. The van der Waals surface area contributed by atoms with Crippen molar-refractivity contribution in [1.29, 1.82) is 0 Å². The highest BCUT2D eigenvalue weighted by atomic mass is 35.5. The first-order chi connectivity index (χ1) is 6.88. The molecule has 17 heavy (non-hydrogen) atoms. The van der Waals surface area contributed by atoms with Crippen LogP contribution >= 0.6 is 24.8 Å². The summed E-state index contributed by atoms with van der Waals surface area (Å²) in [5, 5.41) is 0. The van der Waals surface area contributed by atoms with E-state index in [4.69, 9.17) is 11.5 Å². The largest absolute Gasteiger partial charge is 0.416 e. The van der Waals surface area contributed by atoms with Crippen LogP contribution in [0.3, 0.4) is 0 Å². The van der Waals surface area contributed by atoms with Gasteiger partial charge in [-0.15, -0.1) is 24.8 Å². The van der Waals surface area contributed by atoms with Gasteiger partial charge in [0.05, 0.1) is 5.56 Å². The molecule has 100 valence electrons. The third-order valence-corrected chi connectivity index (χ3v) is 1.98. The van der Waals surface area contributed by atoms with E-state index < -0.39 is 29.2 Å². The number of nitrogens with two attached hydrogens (primary N) is 2. The van der Waals surface area contributed by atoms with Crippen LogP contribution < -0.4 is 11.5 Å². The molecule has 0 aromatic heterocycles. The number of alkyl halides is 3. The first-order valence-corrected chi connectivity index (χ1v) is 4.19. The standard InChI is InChI=1S/C9H10F4N2.2ClH/c10-6-3-1-2-5(9(11,12)13)8(6)7(15)4-14;;/h1-3,7H,4,14-15H2;2*1H/t7-;;/m1../s1. The minimum Gasteiger partial charge on any atom is -0.329 e. The molecule has 0 spiro atoms. The van der Waals surface area contributed by atoms with Crippen LogP contribution in [-0.4, -0.2) is 6.54 Å². The summed E-state index contributed by atoms with van der Waals surface area (Å²) in [6, 6.07) is 1.56. The molecule has 8 heteroatoms. The van der Waals surface area contributed by atoms with Crippen LogP contribution in [0.4, 0.5) is 17.6 Å². The average Bonchev–Trinajstić information content (AvgIpc) is 2.15. The maximum absolute atomic E-state index is 13.2. The Hall–Kier alpha value is -0.560. The third-order valence-electron chi connectivity index (χ3n) is 1.98. The smallest absolute Gasteiger partial charge is 0.329 e. The zero-order valence-corrected chi connectivity index (χ0v) is 10.1. The van der Waals surface area contributed by atoms with E-state index in [9.17, 15) is 17.6 Å². The fraction of sp³-hybridized carbons (Fsp3) is 0.333. The number of rotatable bonds is 2. The molecule has 0 heterocycles. The van der Waals surface area contributed by atoms with E-state index in [-0.39, 0.29) is 31.4 Å². The molecule has 1 rings (SSSR count). The fourth-order valence-corrected chi connectivity index (χ4v) is 1.28. The van der Waals surface area contributed by atoms with Gasteiger partial charge in [0, 0.05) is 18.2 Å². The Morgan fingerprint density at radius 3 is 2.12 bits per heavy atom. The number of halogens is 6. The number of benzene rings is 1. The minimum absolute atomic E-state index is 0. The van der Waals surface area contributed by atoms with Gasteiger partial charge in [-0.2, -0.15) is 13.2 Å². The Kier molecular flexibility index (Phi) is 7.74. The molecule has 1 aromatic carbocycles. The summed E-state index contributed by atoms with van der Waals surface area (Å²) < 4.78 is 50.6. The van der Waals surface area contributed by atoms with Crippen molar-refractivity contribution in [3.05, 3.63) is 35.1 Å². The molecule has 0 aliphatic carbocycles. The quantitative estimate of drug-likeness (QED) is 0.824. The lowest BCUT2D eigenvalue weighted by Gasteiger charge is -2.17. The van der Waals surface area contributed by atoms with Crippen molar-refractivity contribution in [1.82, 2.24) is 0 Å². The van der Waals surface area contributed by atoms with Gasteiger partial charge >= 0.3 is 6.18 Å². The Bertz CT molecular complexity index is 357. The van der Waals surface area contributed by atoms with E-state index in [1.807, 2.05) is 0 Å². The fourth-order valence-electron chi connectivity index (χ4n) is 1.28. The molecular formula is C9H12Cl2F4N2. The summed E-state index contributed by atoms with van der Waals surface area (Å²) in [5.74, 6) is -0.984. The normalized spacial score (nSPS) is 12.4. The van der Waals surface area contributed by atoms with Crippen molar-refractivity contribution >= 4 is 24.8 Å². The Labute approximate surface area is 108 Å². The summed E-state index contributed by atoms with van der Waals surface area (Å²) in [6.07, 6.45) is -4.62. The van der Waals surface area contributed by atoms with E-state index in [0.29, 0.717) is 0 Å². The van der Waals surface area contributed by atoms with E-state index in [2.05, 4.69) is 0 Å². The predicted molar refractivity (Wildman–Crippen MR) is 61.9 cm³/mol. The van der Waals surface area contributed by atoms with E-state index in [1.165, 1.54) is 0 Å². The molecule has 1 aromatic rings. The van der Waals surface area contributed by atoms with Crippen LogP contribution in [0.1, 0.15) is 17.2 Å². The van der Waals surface area contributed by atoms with Crippen LogP contribution in [0.25, 0.3) is 0 Å². The lowest BCUT2D eigenvalue weighted by atomic mass is 10.00. The van der Waals surface area contributed by atoms with Crippen molar-refractivity contribution in [2.75, 3.05) is 6.54 Å². The van der Waals surface area contributed by atoms with Gasteiger partial charge in [0.1, 0.15) is 5.82 Å². The van der Waals surface area contributed by atoms with Crippen LogP contribution in [0.2, 0.25) is 0 Å². The highest BCUT2D eigenvalue weighted by Gasteiger charge is 2.35. The van der Waals surface area contributed by atoms with Crippen LogP contribution in [0.15, 0.2) is 18.2 Å². The predicted octanol–water partition coefficient (Wildman–Crippen LogP) is 2.65. The van der Waals surface area contributed by atoms with E-state index in [0.717, 1.165) is 18.2 Å². The summed E-state index contributed by atoms with van der Waals surface area (Å²) in [4.78, 5) is 0. The lowest BCUT2D eigenvalue weighted by molar-refractivity contribution is -0.138. The summed E-state index contributed by atoms with van der Waals surface area (Å²) in [7, 11) is 0. The molecule has 0 saturated heterocycles. The molecule has 0 amide bonds. The summed E-state index contributed by atoms with van der Waals surface area (Å²) in [6.45, 7) is -0.246. The zero-order valence-electron chi connectivity index (χ0n) is 8.50. The maximum Gasteiger partial charge on any atom is 0.416 e. The van der Waals surface area contributed by atoms with Crippen LogP contribution in [-0.2, 0) is 6.18 Å². The number of hydrogen-bond acceptors (Lipinski definition) is 2. The second-order valence-electron chi connectivity index (χ2n) is 3.04. The van der Waals surface area contributed by atoms with Gasteiger partial charge in [-0.1, -0.05) is 6.07 Å². The highest BCUT2D eigenvalue weighted by Crippen LogP contribution is 2.34. The van der Waals surface area contributed by atoms with Crippen molar-refractivity contribution < 1.29 is 17.6 Å². The summed E-state index contributed by atoms with van der Waals surface area (Å²) >= 11 is 0. The van der Waals surface area contributed by atoms with E-state index in [1.54, 1.807) is 0 Å². The minimum atomic E-state index is -4.62. The third kappa shape index (κ3) is 4.31. The van der Waals surface area contributed by atoms with Gasteiger partial charge < -0.3 is 11.5 Å². The van der Waals surface area contributed by atoms with Crippen molar-refractivity contribution in [3.63, 3.8) is 0 Å². The first kappa shape index (κ1) is 18.8. The Balaban J connectivity index is 0. The van der Waals surface area contributed by atoms with Crippen LogP contribution in [0.5, 0.6) is 0 Å². The molecule has 2 nitrogen and oxygen atoms in total. The molecule has 0 aliphatic heterocycles. The van der Waals surface area contributed by atoms with Crippen molar-refractivity contribution in [3.8, 4) is 0 Å². The zero-order chi connectivity index (χ0) is 11.6. The monoisotopic (exact) mass is 294 g/mol. The molecule has 0 fully saturated rings. The molecule has 0 aliphatic rings. The molecule has 1 atom stereocenters. The van der Waals surface area contributed by atoms with Gasteiger partial charge in [-0.3, -0.25) is 0 Å². The van der Waals surface area contributed by atoms with Gasteiger partial charge in [0.2, 0.25) is 0 Å². The van der Waals surface area contributed by atoms with Gasteiger partial charge in [-0.25, -0.2) is 4.39 Å². The molecule has 0 saturated carbocycles. The average molecular weight is 295 g/mol.